The first-order valence-electron chi connectivity index (χ1n) is 5.23. The summed E-state index contributed by atoms with van der Waals surface area (Å²) in [6, 6.07) is 0.907. The molecular weight excluding hydrogens is 150 g/mol. The predicted molar refractivity (Wildman–Crippen MR) is 51.2 cm³/mol. The third-order valence-electron chi connectivity index (χ3n) is 2.57. The number of hydrogen-bond donors (Lipinski definition) is 1. The van der Waals surface area contributed by atoms with Crippen molar-refractivity contribution in [3.63, 3.8) is 0 Å². The summed E-state index contributed by atoms with van der Waals surface area (Å²) in [7, 11) is 0. The Bertz CT molecular complexity index is 112. The Morgan fingerprint density at radius 1 is 1.25 bits per heavy atom. The van der Waals surface area contributed by atoms with Crippen LogP contribution in [0.25, 0.3) is 0 Å². The first kappa shape index (κ1) is 10.0. The van der Waals surface area contributed by atoms with Crippen LogP contribution in [0.2, 0.25) is 0 Å². The monoisotopic (exact) mass is 171 g/mol. The molecule has 0 aromatic carbocycles. The van der Waals surface area contributed by atoms with E-state index in [1.807, 2.05) is 0 Å². The van der Waals surface area contributed by atoms with Crippen LogP contribution in [0.15, 0.2) is 0 Å². The molecule has 1 aliphatic rings. The van der Waals surface area contributed by atoms with Gasteiger partial charge in [0.05, 0.1) is 0 Å². The molecule has 72 valence electrons. The van der Waals surface area contributed by atoms with Gasteiger partial charge in [0, 0.05) is 12.6 Å². The lowest BCUT2D eigenvalue weighted by Gasteiger charge is -2.19. The molecule has 0 bridgehead atoms. The molecule has 2 heteroatoms. The zero-order chi connectivity index (χ0) is 8.81. The van der Waals surface area contributed by atoms with Crippen LogP contribution in [-0.4, -0.2) is 35.7 Å². The van der Waals surface area contributed by atoms with Gasteiger partial charge in [0.25, 0.3) is 0 Å². The van der Waals surface area contributed by atoms with E-state index in [0.717, 1.165) is 12.5 Å². The van der Waals surface area contributed by atoms with Gasteiger partial charge in [0.15, 0.2) is 0 Å². The van der Waals surface area contributed by atoms with Gasteiger partial charge in [-0.15, -0.1) is 0 Å². The highest BCUT2D eigenvalue weighted by molar-refractivity contribution is 4.83. The molecule has 0 aliphatic heterocycles. The molecule has 0 unspecified atom stereocenters. The summed E-state index contributed by atoms with van der Waals surface area (Å²) in [5.41, 5.74) is 0. The number of hydrogen-bond acceptors (Lipinski definition) is 2. The highest BCUT2D eigenvalue weighted by Crippen LogP contribution is 2.26. The molecule has 1 fully saturated rings. The Morgan fingerprint density at radius 2 is 2.00 bits per heavy atom. The molecule has 1 N–H and O–H groups in total. The Balaban J connectivity index is 1.95. The van der Waals surface area contributed by atoms with Crippen LogP contribution in [0.4, 0.5) is 0 Å². The van der Waals surface area contributed by atoms with E-state index in [4.69, 9.17) is 5.11 Å². The van der Waals surface area contributed by atoms with E-state index in [2.05, 4.69) is 11.8 Å². The van der Waals surface area contributed by atoms with Crippen molar-refractivity contribution < 1.29 is 5.11 Å². The maximum absolute atomic E-state index is 8.60. The molecule has 12 heavy (non-hydrogen) atoms. The molecule has 1 aliphatic carbocycles. The quantitative estimate of drug-likeness (QED) is 0.589. The van der Waals surface area contributed by atoms with Crippen molar-refractivity contribution in [1.82, 2.24) is 4.90 Å². The van der Waals surface area contributed by atoms with E-state index in [-0.39, 0.29) is 0 Å². The van der Waals surface area contributed by atoms with Crippen molar-refractivity contribution in [1.29, 1.82) is 0 Å². The zero-order valence-corrected chi connectivity index (χ0v) is 8.13. The minimum Gasteiger partial charge on any atom is -0.396 e. The van der Waals surface area contributed by atoms with Crippen molar-refractivity contribution in [3.05, 3.63) is 0 Å². The smallest absolute Gasteiger partial charge is 0.0431 e. The van der Waals surface area contributed by atoms with Gasteiger partial charge in [-0.1, -0.05) is 6.92 Å². The van der Waals surface area contributed by atoms with Crippen LogP contribution in [0.3, 0.4) is 0 Å². The van der Waals surface area contributed by atoms with Crippen molar-refractivity contribution in [2.45, 2.75) is 45.1 Å². The number of rotatable bonds is 7. The standard InChI is InChI=1S/C10H21NO/c1-2-11(10-6-7-10)8-4-3-5-9-12/h10,12H,2-9H2,1H3. The Morgan fingerprint density at radius 3 is 2.50 bits per heavy atom. The average molecular weight is 171 g/mol. The molecule has 0 aromatic rings. The van der Waals surface area contributed by atoms with Crippen molar-refractivity contribution in [3.8, 4) is 0 Å². The van der Waals surface area contributed by atoms with E-state index < -0.39 is 0 Å². The average Bonchev–Trinajstić information content (AvgIpc) is 2.88. The zero-order valence-electron chi connectivity index (χ0n) is 8.13. The lowest BCUT2D eigenvalue weighted by atomic mass is 10.2. The molecule has 1 rings (SSSR count). The minimum absolute atomic E-state index is 0.357. The van der Waals surface area contributed by atoms with Crippen LogP contribution in [0.1, 0.15) is 39.0 Å². The molecule has 0 atom stereocenters. The van der Waals surface area contributed by atoms with Crippen molar-refractivity contribution in [2.24, 2.45) is 0 Å². The number of aliphatic hydroxyl groups excluding tert-OH is 1. The van der Waals surface area contributed by atoms with Gasteiger partial charge in [-0.05, 0) is 45.2 Å². The first-order valence-corrected chi connectivity index (χ1v) is 5.23. The Kier molecular flexibility index (Phi) is 4.62. The maximum Gasteiger partial charge on any atom is 0.0431 e. The van der Waals surface area contributed by atoms with Gasteiger partial charge in [-0.3, -0.25) is 0 Å². The predicted octanol–water partition coefficient (Wildman–Crippen LogP) is 1.63. The normalized spacial score (nSPS) is 17.2. The number of unbranched alkanes of at least 4 members (excludes halogenated alkanes) is 2. The van der Waals surface area contributed by atoms with E-state index >= 15 is 0 Å². The SMILES string of the molecule is CCN(CCCCCO)C1CC1. The van der Waals surface area contributed by atoms with E-state index in [1.165, 1.54) is 38.8 Å². The molecule has 0 aromatic heterocycles. The molecule has 0 heterocycles. The summed E-state index contributed by atoms with van der Waals surface area (Å²) in [4.78, 5) is 2.57. The lowest BCUT2D eigenvalue weighted by molar-refractivity contribution is 0.254. The molecule has 0 amide bonds. The Labute approximate surface area is 75.6 Å². The highest BCUT2D eigenvalue weighted by Gasteiger charge is 2.26. The van der Waals surface area contributed by atoms with Crippen LogP contribution >= 0.6 is 0 Å². The summed E-state index contributed by atoms with van der Waals surface area (Å²) in [6.07, 6.45) is 6.23. The van der Waals surface area contributed by atoms with Gasteiger partial charge < -0.3 is 10.0 Å². The third kappa shape index (κ3) is 3.55. The maximum atomic E-state index is 8.60. The second-order valence-corrected chi connectivity index (χ2v) is 3.64. The summed E-state index contributed by atoms with van der Waals surface area (Å²) in [5.74, 6) is 0. The fourth-order valence-electron chi connectivity index (χ4n) is 1.64. The molecule has 2 nitrogen and oxygen atoms in total. The van der Waals surface area contributed by atoms with Crippen LogP contribution < -0.4 is 0 Å². The van der Waals surface area contributed by atoms with Crippen LogP contribution in [0, 0.1) is 0 Å². The van der Waals surface area contributed by atoms with Gasteiger partial charge >= 0.3 is 0 Å². The summed E-state index contributed by atoms with van der Waals surface area (Å²) < 4.78 is 0. The summed E-state index contributed by atoms with van der Waals surface area (Å²) >= 11 is 0. The molecule has 0 spiro atoms. The molecule has 0 saturated heterocycles. The Hall–Kier alpha value is -0.0800. The first-order chi connectivity index (χ1) is 5.88. The number of aliphatic hydroxyl groups is 1. The van der Waals surface area contributed by atoms with E-state index in [1.54, 1.807) is 0 Å². The second-order valence-electron chi connectivity index (χ2n) is 3.64. The van der Waals surface area contributed by atoms with Gasteiger partial charge in [-0.2, -0.15) is 0 Å². The van der Waals surface area contributed by atoms with Crippen LogP contribution in [0.5, 0.6) is 0 Å². The highest BCUT2D eigenvalue weighted by atomic mass is 16.2. The fraction of sp³-hybridized carbons (Fsp3) is 1.00. The van der Waals surface area contributed by atoms with Gasteiger partial charge in [-0.25, -0.2) is 0 Å². The summed E-state index contributed by atoms with van der Waals surface area (Å²) in [5, 5.41) is 8.60. The minimum atomic E-state index is 0.357. The summed E-state index contributed by atoms with van der Waals surface area (Å²) in [6.45, 7) is 5.03. The third-order valence-corrected chi connectivity index (χ3v) is 2.57. The topological polar surface area (TPSA) is 23.5 Å². The van der Waals surface area contributed by atoms with Crippen molar-refractivity contribution in [2.75, 3.05) is 19.7 Å². The van der Waals surface area contributed by atoms with E-state index in [9.17, 15) is 0 Å². The molecule has 0 radical (unpaired) electrons. The molecule has 1 saturated carbocycles. The van der Waals surface area contributed by atoms with Crippen LogP contribution in [-0.2, 0) is 0 Å². The van der Waals surface area contributed by atoms with Crippen molar-refractivity contribution >= 4 is 0 Å². The van der Waals surface area contributed by atoms with Gasteiger partial charge in [0.2, 0.25) is 0 Å². The number of nitrogens with zero attached hydrogens (tertiary/aromatic N) is 1. The largest absolute Gasteiger partial charge is 0.396 e. The molecular formula is C10H21NO. The second kappa shape index (κ2) is 5.55. The lowest BCUT2D eigenvalue weighted by Crippen LogP contribution is -2.26. The van der Waals surface area contributed by atoms with E-state index in [0.29, 0.717) is 6.61 Å². The van der Waals surface area contributed by atoms with Gasteiger partial charge in [0.1, 0.15) is 0 Å². The fourth-order valence-corrected chi connectivity index (χ4v) is 1.64.